The third-order valence-corrected chi connectivity index (χ3v) is 4.35. The first-order chi connectivity index (χ1) is 11.5. The third kappa shape index (κ3) is 3.62. The van der Waals surface area contributed by atoms with Gasteiger partial charge in [0.05, 0.1) is 6.54 Å². The van der Waals surface area contributed by atoms with E-state index in [0.717, 1.165) is 42.6 Å². The number of aromatic hydroxyl groups is 2. The molecule has 0 saturated heterocycles. The fraction of sp³-hybridized carbons (Fsp3) is 0.316. The van der Waals surface area contributed by atoms with Crippen molar-refractivity contribution in [2.24, 2.45) is 0 Å². The van der Waals surface area contributed by atoms with E-state index in [9.17, 15) is 15.0 Å². The predicted octanol–water partition coefficient (Wildman–Crippen LogP) is 3.19. The average molecular weight is 326 g/mol. The largest absolute Gasteiger partial charge is 0.508 e. The molecule has 1 aliphatic heterocycles. The predicted molar refractivity (Wildman–Crippen MR) is 94.7 cm³/mol. The molecule has 3 N–H and O–H groups in total. The van der Waals surface area contributed by atoms with Crippen LogP contribution in [0.5, 0.6) is 11.5 Å². The van der Waals surface area contributed by atoms with Crippen molar-refractivity contribution < 1.29 is 15.0 Å². The fourth-order valence-electron chi connectivity index (χ4n) is 3.13. The second-order valence-electron chi connectivity index (χ2n) is 6.24. The lowest BCUT2D eigenvalue weighted by Crippen LogP contribution is -2.34. The number of rotatable bonds is 3. The van der Waals surface area contributed by atoms with Gasteiger partial charge in [0.1, 0.15) is 11.5 Å². The number of carbonyl (C=O) groups excluding carboxylic acids is 1. The van der Waals surface area contributed by atoms with Crippen molar-refractivity contribution >= 4 is 17.3 Å². The minimum atomic E-state index is -0.0929. The number of nitrogens with one attached hydrogen (secondary N) is 1. The number of fused-ring (bicyclic) bond motifs is 1. The summed E-state index contributed by atoms with van der Waals surface area (Å²) in [4.78, 5) is 14.5. The molecule has 0 fully saturated rings. The Kier molecular flexibility index (Phi) is 4.60. The van der Waals surface area contributed by atoms with Gasteiger partial charge in [-0.15, -0.1) is 0 Å². The number of phenols is 2. The van der Waals surface area contributed by atoms with Crippen molar-refractivity contribution in [3.63, 3.8) is 0 Å². The van der Waals surface area contributed by atoms with E-state index in [1.807, 2.05) is 13.0 Å². The van der Waals surface area contributed by atoms with Crippen molar-refractivity contribution in [3.05, 3.63) is 47.5 Å². The number of hydrogen-bond donors (Lipinski definition) is 3. The summed E-state index contributed by atoms with van der Waals surface area (Å²) in [6.45, 7) is 2.93. The standard InChI is InChI=1S/C19H22N2O3/c1-13-10-15(22)5-7-17(13)20-19(24)12-21-9-3-2-4-14-11-16(23)6-8-18(14)21/h5-8,10-11,22-23H,2-4,9,12H2,1H3,(H,20,24). The van der Waals surface area contributed by atoms with Gasteiger partial charge in [-0.2, -0.15) is 0 Å². The van der Waals surface area contributed by atoms with E-state index in [0.29, 0.717) is 5.69 Å². The van der Waals surface area contributed by atoms with Crippen LogP contribution in [-0.2, 0) is 11.2 Å². The van der Waals surface area contributed by atoms with E-state index in [2.05, 4.69) is 10.2 Å². The topological polar surface area (TPSA) is 72.8 Å². The number of nitrogens with zero attached hydrogens (tertiary/aromatic N) is 1. The average Bonchev–Trinajstić information content (AvgIpc) is 2.72. The lowest BCUT2D eigenvalue weighted by molar-refractivity contribution is -0.115. The monoisotopic (exact) mass is 326 g/mol. The molecular weight excluding hydrogens is 304 g/mol. The summed E-state index contributed by atoms with van der Waals surface area (Å²) in [5.41, 5.74) is 3.63. The first-order valence-electron chi connectivity index (χ1n) is 8.19. The molecule has 1 aliphatic rings. The van der Waals surface area contributed by atoms with Crippen LogP contribution in [0.4, 0.5) is 11.4 Å². The van der Waals surface area contributed by atoms with Gasteiger partial charge in [0.15, 0.2) is 0 Å². The lowest BCUT2D eigenvalue weighted by Gasteiger charge is -2.24. The molecule has 2 aromatic carbocycles. The smallest absolute Gasteiger partial charge is 0.243 e. The summed E-state index contributed by atoms with van der Waals surface area (Å²) in [5, 5.41) is 22.0. The van der Waals surface area contributed by atoms with Crippen LogP contribution in [0.15, 0.2) is 36.4 Å². The summed E-state index contributed by atoms with van der Waals surface area (Å²) >= 11 is 0. The van der Waals surface area contributed by atoms with Crippen LogP contribution < -0.4 is 10.2 Å². The van der Waals surface area contributed by atoms with Gasteiger partial charge < -0.3 is 20.4 Å². The van der Waals surface area contributed by atoms with Gasteiger partial charge in [0, 0.05) is 17.9 Å². The number of benzene rings is 2. The molecule has 1 heterocycles. The molecule has 24 heavy (non-hydrogen) atoms. The molecule has 2 aromatic rings. The van der Waals surface area contributed by atoms with E-state index in [1.165, 1.54) is 0 Å². The third-order valence-electron chi connectivity index (χ3n) is 4.35. The Balaban J connectivity index is 1.74. The van der Waals surface area contributed by atoms with E-state index in [1.54, 1.807) is 30.3 Å². The summed E-state index contributed by atoms with van der Waals surface area (Å²) < 4.78 is 0. The van der Waals surface area contributed by atoms with Crippen molar-refractivity contribution in [2.75, 3.05) is 23.3 Å². The quantitative estimate of drug-likeness (QED) is 0.758. The van der Waals surface area contributed by atoms with Gasteiger partial charge >= 0.3 is 0 Å². The van der Waals surface area contributed by atoms with E-state index < -0.39 is 0 Å². The van der Waals surface area contributed by atoms with Crippen molar-refractivity contribution in [1.29, 1.82) is 0 Å². The Morgan fingerprint density at radius 2 is 1.88 bits per heavy atom. The van der Waals surface area contributed by atoms with Gasteiger partial charge in [0.25, 0.3) is 0 Å². The van der Waals surface area contributed by atoms with Crippen LogP contribution in [0, 0.1) is 6.92 Å². The van der Waals surface area contributed by atoms with Crippen LogP contribution in [0.1, 0.15) is 24.0 Å². The summed E-state index contributed by atoms with van der Waals surface area (Å²) in [7, 11) is 0. The van der Waals surface area contributed by atoms with Gasteiger partial charge in [-0.1, -0.05) is 0 Å². The Morgan fingerprint density at radius 1 is 1.12 bits per heavy atom. The molecule has 3 rings (SSSR count). The second kappa shape index (κ2) is 6.83. The molecule has 5 heteroatoms. The van der Waals surface area contributed by atoms with Gasteiger partial charge in [-0.3, -0.25) is 4.79 Å². The highest BCUT2D eigenvalue weighted by Crippen LogP contribution is 2.29. The minimum absolute atomic E-state index is 0.0929. The fourth-order valence-corrected chi connectivity index (χ4v) is 3.13. The molecule has 0 radical (unpaired) electrons. The first-order valence-corrected chi connectivity index (χ1v) is 8.19. The molecule has 0 unspecified atom stereocenters. The Bertz CT molecular complexity index is 758. The molecule has 0 atom stereocenters. The SMILES string of the molecule is Cc1cc(O)ccc1NC(=O)CN1CCCCc2cc(O)ccc21. The van der Waals surface area contributed by atoms with E-state index in [4.69, 9.17) is 0 Å². The molecular formula is C19H22N2O3. The highest BCUT2D eigenvalue weighted by atomic mass is 16.3. The molecule has 0 bridgehead atoms. The highest BCUT2D eigenvalue weighted by Gasteiger charge is 2.18. The van der Waals surface area contributed by atoms with Crippen molar-refractivity contribution in [2.45, 2.75) is 26.2 Å². The maximum absolute atomic E-state index is 12.4. The summed E-state index contributed by atoms with van der Waals surface area (Å²) in [6.07, 6.45) is 2.98. The minimum Gasteiger partial charge on any atom is -0.508 e. The van der Waals surface area contributed by atoms with Crippen LogP contribution in [0.25, 0.3) is 0 Å². The van der Waals surface area contributed by atoms with Crippen LogP contribution in [0.2, 0.25) is 0 Å². The molecule has 0 aromatic heterocycles. The van der Waals surface area contributed by atoms with Gasteiger partial charge in [0.2, 0.25) is 5.91 Å². The van der Waals surface area contributed by atoms with Crippen LogP contribution in [0.3, 0.4) is 0 Å². The number of phenolic OH excluding ortho intramolecular Hbond substituents is 2. The molecule has 0 aliphatic carbocycles. The molecule has 5 nitrogen and oxygen atoms in total. The Hall–Kier alpha value is -2.69. The van der Waals surface area contributed by atoms with E-state index >= 15 is 0 Å². The summed E-state index contributed by atoms with van der Waals surface area (Å²) in [6, 6.07) is 10.2. The molecule has 126 valence electrons. The van der Waals surface area contributed by atoms with Gasteiger partial charge in [-0.05, 0) is 73.7 Å². The number of amides is 1. The normalized spacial score (nSPS) is 14.0. The van der Waals surface area contributed by atoms with Crippen molar-refractivity contribution in [1.82, 2.24) is 0 Å². The van der Waals surface area contributed by atoms with Crippen LogP contribution in [-0.4, -0.2) is 29.2 Å². The number of aryl methyl sites for hydroxylation is 2. The number of hydrogen-bond acceptors (Lipinski definition) is 4. The number of anilines is 2. The Morgan fingerprint density at radius 3 is 2.67 bits per heavy atom. The van der Waals surface area contributed by atoms with Crippen molar-refractivity contribution in [3.8, 4) is 11.5 Å². The van der Waals surface area contributed by atoms with Gasteiger partial charge in [-0.25, -0.2) is 0 Å². The number of carbonyl (C=O) groups is 1. The maximum atomic E-state index is 12.4. The lowest BCUT2D eigenvalue weighted by atomic mass is 10.1. The Labute approximate surface area is 141 Å². The van der Waals surface area contributed by atoms with E-state index in [-0.39, 0.29) is 24.0 Å². The molecule has 0 spiro atoms. The zero-order valence-electron chi connectivity index (χ0n) is 13.7. The first kappa shape index (κ1) is 16.2. The molecule has 0 saturated carbocycles. The highest BCUT2D eigenvalue weighted by molar-refractivity contribution is 5.95. The van der Waals surface area contributed by atoms with Crippen LogP contribution >= 0.6 is 0 Å². The summed E-state index contributed by atoms with van der Waals surface area (Å²) in [5.74, 6) is 0.358. The zero-order valence-corrected chi connectivity index (χ0v) is 13.7. The maximum Gasteiger partial charge on any atom is 0.243 e. The second-order valence-corrected chi connectivity index (χ2v) is 6.24. The zero-order chi connectivity index (χ0) is 17.1. The molecule has 1 amide bonds.